The van der Waals surface area contributed by atoms with Crippen LogP contribution in [-0.4, -0.2) is 6.54 Å². The summed E-state index contributed by atoms with van der Waals surface area (Å²) in [6.07, 6.45) is 6.29. The molecule has 21 heavy (non-hydrogen) atoms. The quantitative estimate of drug-likeness (QED) is 0.571. The molecule has 1 N–H and O–H groups in total. The van der Waals surface area contributed by atoms with Crippen molar-refractivity contribution < 1.29 is 0 Å². The molecule has 0 heterocycles. The van der Waals surface area contributed by atoms with Crippen molar-refractivity contribution in [1.82, 2.24) is 5.32 Å². The molecule has 0 amide bonds. The van der Waals surface area contributed by atoms with Crippen molar-refractivity contribution in [3.05, 3.63) is 33.8 Å². The molecule has 0 aliphatic rings. The molecule has 1 aromatic carbocycles. The van der Waals surface area contributed by atoms with Crippen LogP contribution in [0.1, 0.15) is 75.6 Å². The van der Waals surface area contributed by atoms with E-state index in [0.717, 1.165) is 11.6 Å². The van der Waals surface area contributed by atoms with Gasteiger partial charge in [0.05, 0.1) is 0 Å². The molecule has 1 aromatic rings. The summed E-state index contributed by atoms with van der Waals surface area (Å²) >= 11 is 6.27. The Morgan fingerprint density at radius 3 is 2.33 bits per heavy atom. The molecule has 2 unspecified atom stereocenters. The molecule has 0 saturated carbocycles. The van der Waals surface area contributed by atoms with Gasteiger partial charge in [0.25, 0.3) is 0 Å². The van der Waals surface area contributed by atoms with Gasteiger partial charge in [0.15, 0.2) is 0 Å². The SMILES string of the molecule is CCCCC(CC)C(NCCC)c1cc(C)c(Cl)cc1C. The molecule has 0 fully saturated rings. The second-order valence-electron chi connectivity index (χ2n) is 6.20. The van der Waals surface area contributed by atoms with E-state index in [1.165, 1.54) is 48.8 Å². The summed E-state index contributed by atoms with van der Waals surface area (Å²) in [5.74, 6) is 0.704. The molecule has 0 radical (unpaired) electrons. The van der Waals surface area contributed by atoms with Gasteiger partial charge < -0.3 is 5.32 Å². The lowest BCUT2D eigenvalue weighted by atomic mass is 9.84. The maximum Gasteiger partial charge on any atom is 0.0438 e. The Labute approximate surface area is 136 Å². The molecule has 1 rings (SSSR count). The lowest BCUT2D eigenvalue weighted by Gasteiger charge is -2.29. The normalized spacial score (nSPS) is 14.2. The average Bonchev–Trinajstić information content (AvgIpc) is 2.47. The van der Waals surface area contributed by atoms with Gasteiger partial charge >= 0.3 is 0 Å². The Morgan fingerprint density at radius 1 is 1.05 bits per heavy atom. The third-order valence-electron chi connectivity index (χ3n) is 4.42. The smallest absolute Gasteiger partial charge is 0.0438 e. The van der Waals surface area contributed by atoms with E-state index in [9.17, 15) is 0 Å². The minimum atomic E-state index is 0.456. The fourth-order valence-electron chi connectivity index (χ4n) is 3.04. The van der Waals surface area contributed by atoms with Gasteiger partial charge in [-0.15, -0.1) is 0 Å². The molecule has 0 aliphatic carbocycles. The molecule has 2 heteroatoms. The number of benzene rings is 1. The van der Waals surface area contributed by atoms with Crippen LogP contribution in [0.2, 0.25) is 5.02 Å². The van der Waals surface area contributed by atoms with Gasteiger partial charge in [-0.1, -0.05) is 57.7 Å². The second-order valence-corrected chi connectivity index (χ2v) is 6.61. The first-order valence-electron chi connectivity index (χ1n) is 8.55. The number of halogens is 1. The van der Waals surface area contributed by atoms with Crippen LogP contribution >= 0.6 is 11.6 Å². The number of nitrogens with one attached hydrogen (secondary N) is 1. The van der Waals surface area contributed by atoms with E-state index in [1.807, 2.05) is 0 Å². The van der Waals surface area contributed by atoms with E-state index in [4.69, 9.17) is 11.6 Å². The third kappa shape index (κ3) is 5.30. The lowest BCUT2D eigenvalue weighted by molar-refractivity contribution is 0.322. The summed E-state index contributed by atoms with van der Waals surface area (Å²) in [6.45, 7) is 12.2. The molecule has 0 bridgehead atoms. The van der Waals surface area contributed by atoms with Crippen molar-refractivity contribution in [2.45, 2.75) is 72.8 Å². The molecule has 0 spiro atoms. The molecular formula is C19H32ClN. The highest BCUT2D eigenvalue weighted by Gasteiger charge is 2.22. The summed E-state index contributed by atoms with van der Waals surface area (Å²) < 4.78 is 0. The van der Waals surface area contributed by atoms with E-state index >= 15 is 0 Å². The Morgan fingerprint density at radius 2 is 1.76 bits per heavy atom. The fourth-order valence-corrected chi connectivity index (χ4v) is 3.26. The number of unbranched alkanes of at least 4 members (excludes halogenated alkanes) is 1. The highest BCUT2D eigenvalue weighted by molar-refractivity contribution is 6.31. The summed E-state index contributed by atoms with van der Waals surface area (Å²) in [7, 11) is 0. The van der Waals surface area contributed by atoms with E-state index in [2.05, 4.69) is 52.1 Å². The van der Waals surface area contributed by atoms with Gasteiger partial charge in [0, 0.05) is 11.1 Å². The van der Waals surface area contributed by atoms with Crippen molar-refractivity contribution in [3.63, 3.8) is 0 Å². The monoisotopic (exact) mass is 309 g/mol. The van der Waals surface area contributed by atoms with E-state index in [1.54, 1.807) is 0 Å². The Balaban J connectivity index is 3.07. The van der Waals surface area contributed by atoms with Crippen LogP contribution in [0.5, 0.6) is 0 Å². The highest BCUT2D eigenvalue weighted by Crippen LogP contribution is 2.33. The van der Waals surface area contributed by atoms with E-state index < -0.39 is 0 Å². The predicted octanol–water partition coefficient (Wildman–Crippen LogP) is 6.21. The summed E-state index contributed by atoms with van der Waals surface area (Å²) in [4.78, 5) is 0. The first kappa shape index (κ1) is 18.5. The van der Waals surface area contributed by atoms with Gasteiger partial charge in [-0.2, -0.15) is 0 Å². The second kappa shape index (κ2) is 9.48. The van der Waals surface area contributed by atoms with Gasteiger partial charge in [-0.3, -0.25) is 0 Å². The lowest BCUT2D eigenvalue weighted by Crippen LogP contribution is -2.29. The molecule has 2 atom stereocenters. The van der Waals surface area contributed by atoms with Crippen LogP contribution in [0, 0.1) is 19.8 Å². The number of hydrogen-bond acceptors (Lipinski definition) is 1. The van der Waals surface area contributed by atoms with Gasteiger partial charge in [0.1, 0.15) is 0 Å². The van der Waals surface area contributed by atoms with Crippen molar-refractivity contribution in [2.75, 3.05) is 6.54 Å². The van der Waals surface area contributed by atoms with E-state index in [-0.39, 0.29) is 0 Å². The molecule has 0 aromatic heterocycles. The van der Waals surface area contributed by atoms with Crippen molar-refractivity contribution in [3.8, 4) is 0 Å². The zero-order valence-electron chi connectivity index (χ0n) is 14.4. The first-order valence-corrected chi connectivity index (χ1v) is 8.92. The standard InChI is InChI=1S/C19H32ClN/c1-6-9-10-16(8-3)19(21-11-7-2)17-12-15(5)18(20)13-14(17)4/h12-13,16,19,21H,6-11H2,1-5H3. The molecular weight excluding hydrogens is 278 g/mol. The Bertz CT molecular complexity index is 428. The largest absolute Gasteiger partial charge is 0.310 e. The van der Waals surface area contributed by atoms with Crippen LogP contribution in [-0.2, 0) is 0 Å². The molecule has 0 aliphatic heterocycles. The van der Waals surface area contributed by atoms with Crippen molar-refractivity contribution >= 4 is 11.6 Å². The third-order valence-corrected chi connectivity index (χ3v) is 4.83. The van der Waals surface area contributed by atoms with Crippen LogP contribution in [0.3, 0.4) is 0 Å². The topological polar surface area (TPSA) is 12.0 Å². The summed E-state index contributed by atoms with van der Waals surface area (Å²) in [5, 5.41) is 4.67. The van der Waals surface area contributed by atoms with Crippen LogP contribution in [0.25, 0.3) is 0 Å². The van der Waals surface area contributed by atoms with Crippen LogP contribution in [0.4, 0.5) is 0 Å². The Kier molecular flexibility index (Phi) is 8.36. The minimum Gasteiger partial charge on any atom is -0.310 e. The van der Waals surface area contributed by atoms with E-state index in [0.29, 0.717) is 12.0 Å². The maximum absolute atomic E-state index is 6.27. The number of hydrogen-bond donors (Lipinski definition) is 1. The van der Waals surface area contributed by atoms with Crippen LogP contribution in [0.15, 0.2) is 12.1 Å². The number of aryl methyl sites for hydroxylation is 2. The first-order chi connectivity index (χ1) is 10.0. The van der Waals surface area contributed by atoms with Gasteiger partial charge in [-0.25, -0.2) is 0 Å². The summed E-state index contributed by atoms with van der Waals surface area (Å²) in [5.41, 5.74) is 3.94. The molecule has 0 saturated heterocycles. The minimum absolute atomic E-state index is 0.456. The zero-order valence-corrected chi connectivity index (χ0v) is 15.2. The average molecular weight is 310 g/mol. The van der Waals surface area contributed by atoms with Gasteiger partial charge in [0.2, 0.25) is 0 Å². The van der Waals surface area contributed by atoms with Crippen molar-refractivity contribution in [2.24, 2.45) is 5.92 Å². The zero-order chi connectivity index (χ0) is 15.8. The molecule has 120 valence electrons. The maximum atomic E-state index is 6.27. The molecule has 1 nitrogen and oxygen atoms in total. The Hall–Kier alpha value is -0.530. The van der Waals surface area contributed by atoms with Gasteiger partial charge in [-0.05, 0) is 61.9 Å². The number of rotatable bonds is 9. The fraction of sp³-hybridized carbons (Fsp3) is 0.684. The predicted molar refractivity (Wildman–Crippen MR) is 95.3 cm³/mol. The van der Waals surface area contributed by atoms with Crippen LogP contribution < -0.4 is 5.32 Å². The summed E-state index contributed by atoms with van der Waals surface area (Å²) in [6, 6.07) is 4.87. The highest BCUT2D eigenvalue weighted by atomic mass is 35.5. The van der Waals surface area contributed by atoms with Crippen molar-refractivity contribution in [1.29, 1.82) is 0 Å².